The van der Waals surface area contributed by atoms with E-state index in [2.05, 4.69) is 11.1 Å². The van der Waals surface area contributed by atoms with Gasteiger partial charge in [0.1, 0.15) is 16.8 Å². The first-order chi connectivity index (χ1) is 21.8. The number of carbonyl (C=O) groups excluding carboxylic acids is 4. The zero-order valence-corrected chi connectivity index (χ0v) is 24.5. The average Bonchev–Trinajstić information content (AvgIpc) is 3.66. The highest BCUT2D eigenvalue weighted by Gasteiger charge is 2.41. The first kappa shape index (κ1) is 29.4. The van der Waals surface area contributed by atoms with Crippen LogP contribution in [0.15, 0.2) is 83.9 Å². The number of nitrogens with zero attached hydrogens (tertiary/aromatic N) is 3. The number of nitriles is 1. The number of aromatic nitrogens is 1. The fourth-order valence-corrected chi connectivity index (χ4v) is 5.85. The maximum Gasteiger partial charge on any atom is 0.338 e. The molecule has 0 aliphatic carbocycles. The number of ether oxygens (including phenoxy) is 4. The Hall–Kier alpha value is -5.67. The van der Waals surface area contributed by atoms with Crippen LogP contribution in [0, 0.1) is 11.3 Å². The lowest BCUT2D eigenvalue weighted by Crippen LogP contribution is -2.31. The van der Waals surface area contributed by atoms with Crippen molar-refractivity contribution in [2.24, 2.45) is 0 Å². The number of fused-ring (bicyclic) bond motifs is 1. The minimum Gasteiger partial charge on any atom is -0.497 e. The number of esters is 1. The van der Waals surface area contributed by atoms with E-state index in [9.17, 15) is 24.4 Å². The van der Waals surface area contributed by atoms with Gasteiger partial charge in [0.15, 0.2) is 23.9 Å². The van der Waals surface area contributed by atoms with Crippen LogP contribution in [0.3, 0.4) is 0 Å². The van der Waals surface area contributed by atoms with Gasteiger partial charge >= 0.3 is 5.97 Å². The molecule has 12 heteroatoms. The first-order valence-electron chi connectivity index (χ1n) is 13.6. The molecule has 11 nitrogen and oxygen atoms in total. The number of thioether (sulfide) groups is 1. The van der Waals surface area contributed by atoms with Crippen molar-refractivity contribution in [1.29, 1.82) is 5.26 Å². The highest BCUT2D eigenvalue weighted by molar-refractivity contribution is 8.00. The molecule has 0 bridgehead atoms. The van der Waals surface area contributed by atoms with Gasteiger partial charge in [-0.05, 0) is 78.9 Å². The molecule has 0 radical (unpaired) electrons. The van der Waals surface area contributed by atoms with Gasteiger partial charge < -0.3 is 18.9 Å². The highest BCUT2D eigenvalue weighted by Crippen LogP contribution is 2.38. The normalized spacial score (nSPS) is 15.1. The molecule has 6 rings (SSSR count). The minimum atomic E-state index is -0.808. The Bertz CT molecular complexity index is 1870. The van der Waals surface area contributed by atoms with Crippen molar-refractivity contribution >= 4 is 41.0 Å². The lowest BCUT2D eigenvalue weighted by atomic mass is 10.1. The van der Waals surface area contributed by atoms with E-state index in [0.29, 0.717) is 33.5 Å². The van der Waals surface area contributed by atoms with Gasteiger partial charge in [0, 0.05) is 17.5 Å². The van der Waals surface area contributed by atoms with Gasteiger partial charge in [0.25, 0.3) is 0 Å². The number of imide groups is 1. The number of ketones is 1. The summed E-state index contributed by atoms with van der Waals surface area (Å²) in [5.74, 6) is -0.196. The first-order valence-corrected chi connectivity index (χ1v) is 14.5. The summed E-state index contributed by atoms with van der Waals surface area (Å²) in [6, 6.07) is 23.0. The average molecular weight is 622 g/mol. The van der Waals surface area contributed by atoms with Crippen LogP contribution in [0.1, 0.15) is 32.7 Å². The van der Waals surface area contributed by atoms with E-state index in [0.717, 1.165) is 22.2 Å². The summed E-state index contributed by atoms with van der Waals surface area (Å²) in [5, 5.41) is 9.20. The van der Waals surface area contributed by atoms with E-state index in [4.69, 9.17) is 18.9 Å². The summed E-state index contributed by atoms with van der Waals surface area (Å²) in [6.45, 7) is -0.322. The topological polar surface area (TPSA) is 145 Å². The van der Waals surface area contributed by atoms with E-state index in [1.165, 1.54) is 31.4 Å². The number of pyridine rings is 1. The van der Waals surface area contributed by atoms with E-state index >= 15 is 0 Å². The van der Waals surface area contributed by atoms with Gasteiger partial charge in [0.2, 0.25) is 18.6 Å². The smallest absolute Gasteiger partial charge is 0.338 e. The number of Topliss-reactive ketones (excluding diaryl/α,β-unsaturated/α-hetero) is 1. The summed E-state index contributed by atoms with van der Waals surface area (Å²) in [5.41, 5.74) is 2.38. The molecule has 0 spiro atoms. The number of benzene rings is 3. The molecule has 1 unspecified atom stereocenters. The van der Waals surface area contributed by atoms with E-state index in [1.807, 2.05) is 6.07 Å². The maximum absolute atomic E-state index is 13.4. The second-order valence-corrected chi connectivity index (χ2v) is 11.1. The van der Waals surface area contributed by atoms with Crippen LogP contribution in [0.4, 0.5) is 5.69 Å². The molecule has 224 valence electrons. The van der Waals surface area contributed by atoms with E-state index in [1.54, 1.807) is 48.5 Å². The highest BCUT2D eigenvalue weighted by atomic mass is 32.2. The monoisotopic (exact) mass is 621 g/mol. The molecule has 1 aromatic heterocycles. The zero-order valence-electron chi connectivity index (χ0n) is 23.7. The van der Waals surface area contributed by atoms with Crippen molar-refractivity contribution in [1.82, 2.24) is 4.98 Å². The van der Waals surface area contributed by atoms with Gasteiger partial charge in [-0.25, -0.2) is 14.7 Å². The van der Waals surface area contributed by atoms with Crippen LogP contribution in [-0.4, -0.2) is 54.3 Å². The molecule has 2 aliphatic rings. The van der Waals surface area contributed by atoms with Crippen LogP contribution in [0.2, 0.25) is 0 Å². The second-order valence-electron chi connectivity index (χ2n) is 9.88. The van der Waals surface area contributed by atoms with Crippen molar-refractivity contribution in [2.75, 3.05) is 25.4 Å². The van der Waals surface area contributed by atoms with Gasteiger partial charge in [-0.1, -0.05) is 11.8 Å². The number of rotatable bonds is 9. The van der Waals surface area contributed by atoms with Crippen LogP contribution >= 0.6 is 11.8 Å². The molecule has 0 saturated carbocycles. The Labute approximate surface area is 261 Å². The predicted molar refractivity (Wildman–Crippen MR) is 161 cm³/mol. The third-order valence-electron chi connectivity index (χ3n) is 7.12. The van der Waals surface area contributed by atoms with Gasteiger partial charge in [0.05, 0.1) is 34.9 Å². The fourth-order valence-electron chi connectivity index (χ4n) is 4.76. The van der Waals surface area contributed by atoms with Crippen molar-refractivity contribution in [3.05, 3.63) is 95.6 Å². The van der Waals surface area contributed by atoms with Gasteiger partial charge in [-0.15, -0.1) is 0 Å². The van der Waals surface area contributed by atoms with Crippen LogP contribution in [0.25, 0.3) is 11.3 Å². The Morgan fingerprint density at radius 1 is 0.978 bits per heavy atom. The summed E-state index contributed by atoms with van der Waals surface area (Å²) >= 11 is 1.05. The third-order valence-corrected chi connectivity index (χ3v) is 8.30. The van der Waals surface area contributed by atoms with Crippen LogP contribution in [0.5, 0.6) is 17.2 Å². The molecule has 2 amide bonds. The quantitative estimate of drug-likeness (QED) is 0.144. The number of hydrogen-bond donors (Lipinski definition) is 0. The molecule has 3 aromatic carbocycles. The zero-order chi connectivity index (χ0) is 31.5. The molecule has 45 heavy (non-hydrogen) atoms. The predicted octanol–water partition coefficient (Wildman–Crippen LogP) is 4.82. The summed E-state index contributed by atoms with van der Waals surface area (Å²) < 4.78 is 21.0. The Morgan fingerprint density at radius 3 is 2.44 bits per heavy atom. The van der Waals surface area contributed by atoms with E-state index in [-0.39, 0.29) is 35.8 Å². The molecule has 1 fully saturated rings. The third kappa shape index (κ3) is 6.07. The second kappa shape index (κ2) is 12.5. The van der Waals surface area contributed by atoms with Crippen molar-refractivity contribution in [2.45, 2.75) is 16.7 Å². The van der Waals surface area contributed by atoms with Gasteiger partial charge in [-0.2, -0.15) is 5.26 Å². The van der Waals surface area contributed by atoms with Gasteiger partial charge in [-0.3, -0.25) is 14.4 Å². The Balaban J connectivity index is 1.12. The molecule has 0 N–H and O–H groups in total. The van der Waals surface area contributed by atoms with Crippen molar-refractivity contribution < 1.29 is 38.1 Å². The molecule has 1 saturated heterocycles. The van der Waals surface area contributed by atoms with Crippen molar-refractivity contribution in [3.63, 3.8) is 0 Å². The Kier molecular flexibility index (Phi) is 8.18. The largest absolute Gasteiger partial charge is 0.497 e. The molecular weight excluding hydrogens is 598 g/mol. The maximum atomic E-state index is 13.4. The number of carbonyl (C=O) groups is 4. The van der Waals surface area contributed by atoms with E-state index < -0.39 is 29.6 Å². The van der Waals surface area contributed by atoms with Crippen LogP contribution < -0.4 is 19.1 Å². The van der Waals surface area contributed by atoms with Crippen LogP contribution in [-0.2, 0) is 14.3 Å². The number of amides is 2. The molecule has 1 atom stereocenters. The Morgan fingerprint density at radius 2 is 1.71 bits per heavy atom. The molecule has 2 aliphatic heterocycles. The number of anilines is 1. The summed E-state index contributed by atoms with van der Waals surface area (Å²) in [6.07, 6.45) is -0.0957. The number of methoxy groups -OCH3 is 1. The molecular formula is C33H23N3O8S. The standard InChI is InChI=1S/C33H23N3O8S/c1-41-24-10-4-19(5-11-24)26(37)17-42-33(40)20-2-8-23(9-3-20)36-30(38)15-29(32(36)39)45-31-22(16-34)6-12-25(35-31)21-7-13-27-28(14-21)44-18-43-27/h2-14,29H,15,17-18H2,1H3. The SMILES string of the molecule is COc1ccc(C(=O)COC(=O)c2ccc(N3C(=O)CC(Sc4nc(-c5ccc6c(c5)OCO6)ccc4C#N)C3=O)cc2)cc1. The fraction of sp³-hybridized carbons (Fsp3) is 0.152. The lowest BCUT2D eigenvalue weighted by Gasteiger charge is -2.15. The van der Waals surface area contributed by atoms with Crippen molar-refractivity contribution in [3.8, 4) is 34.6 Å². The summed E-state index contributed by atoms with van der Waals surface area (Å²) in [4.78, 5) is 56.9. The molecule has 3 heterocycles. The summed E-state index contributed by atoms with van der Waals surface area (Å²) in [7, 11) is 1.52. The molecule has 4 aromatic rings. The minimum absolute atomic E-state index is 0.0957. The lowest BCUT2D eigenvalue weighted by molar-refractivity contribution is -0.121. The number of hydrogen-bond acceptors (Lipinski definition) is 11.